The number of benzene rings is 1. The second-order valence-corrected chi connectivity index (χ2v) is 5.40. The van der Waals surface area contributed by atoms with Crippen molar-refractivity contribution in [2.45, 2.75) is 58.3 Å². The average molecular weight is 278 g/mol. The Morgan fingerprint density at radius 2 is 1.60 bits per heavy atom. The predicted molar refractivity (Wildman–Crippen MR) is 88.5 cm³/mol. The van der Waals surface area contributed by atoms with Crippen LogP contribution < -0.4 is 15.8 Å². The van der Waals surface area contributed by atoms with Crippen molar-refractivity contribution in [1.29, 1.82) is 0 Å². The molecule has 0 bridgehead atoms. The van der Waals surface area contributed by atoms with Crippen molar-refractivity contribution in [3.05, 3.63) is 18.2 Å². The lowest BCUT2D eigenvalue weighted by Gasteiger charge is -2.09. The summed E-state index contributed by atoms with van der Waals surface area (Å²) in [5, 5.41) is 3.41. The van der Waals surface area contributed by atoms with Crippen LogP contribution in [-0.2, 0) is 0 Å². The molecule has 0 amide bonds. The Morgan fingerprint density at radius 3 is 2.25 bits per heavy atom. The fourth-order valence-electron chi connectivity index (χ4n) is 2.33. The molecule has 114 valence electrons. The summed E-state index contributed by atoms with van der Waals surface area (Å²) in [6, 6.07) is 5.77. The summed E-state index contributed by atoms with van der Waals surface area (Å²) in [5.74, 6) is 0.809. The molecule has 0 aliphatic rings. The molecule has 0 saturated carbocycles. The van der Waals surface area contributed by atoms with Crippen LogP contribution in [-0.4, -0.2) is 13.7 Å². The third-order valence-corrected chi connectivity index (χ3v) is 3.52. The molecule has 3 heteroatoms. The molecule has 3 nitrogen and oxygen atoms in total. The minimum absolute atomic E-state index is 0.739. The molecule has 20 heavy (non-hydrogen) atoms. The Morgan fingerprint density at radius 1 is 0.950 bits per heavy atom. The van der Waals surface area contributed by atoms with Crippen molar-refractivity contribution in [2.24, 2.45) is 0 Å². The highest BCUT2D eigenvalue weighted by molar-refractivity contribution is 5.59. The van der Waals surface area contributed by atoms with E-state index in [1.807, 2.05) is 18.2 Å². The van der Waals surface area contributed by atoms with Crippen LogP contribution in [0.25, 0.3) is 0 Å². The largest absolute Gasteiger partial charge is 0.497 e. The van der Waals surface area contributed by atoms with Crippen LogP contribution in [0.5, 0.6) is 5.75 Å². The third-order valence-electron chi connectivity index (χ3n) is 3.52. The van der Waals surface area contributed by atoms with Gasteiger partial charge in [0.1, 0.15) is 5.75 Å². The molecule has 0 unspecified atom stereocenters. The van der Waals surface area contributed by atoms with E-state index in [0.29, 0.717) is 0 Å². The van der Waals surface area contributed by atoms with E-state index >= 15 is 0 Å². The zero-order valence-electron chi connectivity index (χ0n) is 13.1. The number of ether oxygens (including phenoxy) is 1. The van der Waals surface area contributed by atoms with Crippen molar-refractivity contribution in [3.63, 3.8) is 0 Å². The summed E-state index contributed by atoms with van der Waals surface area (Å²) < 4.78 is 5.21. The van der Waals surface area contributed by atoms with E-state index in [0.717, 1.165) is 23.7 Å². The summed E-state index contributed by atoms with van der Waals surface area (Å²) in [5.41, 5.74) is 7.61. The number of methoxy groups -OCH3 is 1. The van der Waals surface area contributed by atoms with Crippen LogP contribution >= 0.6 is 0 Å². The maximum absolute atomic E-state index is 5.82. The molecule has 1 aromatic carbocycles. The molecule has 0 radical (unpaired) electrons. The Bertz CT molecular complexity index is 366. The fourth-order valence-corrected chi connectivity index (χ4v) is 2.33. The number of nitrogen functional groups attached to an aromatic ring is 1. The van der Waals surface area contributed by atoms with Gasteiger partial charge in [-0.05, 0) is 12.5 Å². The van der Waals surface area contributed by atoms with Gasteiger partial charge in [-0.3, -0.25) is 0 Å². The van der Waals surface area contributed by atoms with Gasteiger partial charge in [-0.25, -0.2) is 0 Å². The van der Waals surface area contributed by atoms with E-state index in [1.165, 1.54) is 51.4 Å². The number of rotatable bonds is 11. The standard InChI is InChI=1S/C17H30N2O/c1-3-4-5-6-7-8-9-10-11-19-16-12-15(18)13-17(14-16)20-2/h12-14,19H,3-11,18H2,1-2H3. The normalized spacial score (nSPS) is 10.5. The monoisotopic (exact) mass is 278 g/mol. The fraction of sp³-hybridized carbons (Fsp3) is 0.647. The molecule has 0 fully saturated rings. The number of hydrogen-bond donors (Lipinski definition) is 2. The number of nitrogens with one attached hydrogen (secondary N) is 1. The molecule has 1 rings (SSSR count). The van der Waals surface area contributed by atoms with Gasteiger partial charge < -0.3 is 15.8 Å². The first-order valence-corrected chi connectivity index (χ1v) is 7.94. The SMILES string of the molecule is CCCCCCCCCCNc1cc(N)cc(OC)c1. The Hall–Kier alpha value is -1.38. The van der Waals surface area contributed by atoms with Crippen LogP contribution in [0.3, 0.4) is 0 Å². The molecule has 0 spiro atoms. The van der Waals surface area contributed by atoms with Gasteiger partial charge in [0, 0.05) is 30.1 Å². The van der Waals surface area contributed by atoms with E-state index in [2.05, 4.69) is 12.2 Å². The lowest BCUT2D eigenvalue weighted by Crippen LogP contribution is -2.02. The maximum atomic E-state index is 5.82. The molecule has 0 saturated heterocycles. The Labute approximate surface area is 123 Å². The van der Waals surface area contributed by atoms with Gasteiger partial charge in [-0.1, -0.05) is 51.9 Å². The molecule has 1 aromatic rings. The van der Waals surface area contributed by atoms with Gasteiger partial charge in [-0.15, -0.1) is 0 Å². The molecule has 0 atom stereocenters. The zero-order chi connectivity index (χ0) is 14.6. The lowest BCUT2D eigenvalue weighted by molar-refractivity contribution is 0.415. The highest BCUT2D eigenvalue weighted by Gasteiger charge is 1.98. The minimum Gasteiger partial charge on any atom is -0.497 e. The first kappa shape index (κ1) is 16.7. The van der Waals surface area contributed by atoms with Crippen LogP contribution in [0.4, 0.5) is 11.4 Å². The maximum Gasteiger partial charge on any atom is 0.122 e. The smallest absolute Gasteiger partial charge is 0.122 e. The summed E-state index contributed by atoms with van der Waals surface area (Å²) in [7, 11) is 1.66. The first-order valence-electron chi connectivity index (χ1n) is 7.94. The minimum atomic E-state index is 0.739. The number of anilines is 2. The quantitative estimate of drug-likeness (QED) is 0.450. The average Bonchev–Trinajstić information content (AvgIpc) is 2.45. The highest BCUT2D eigenvalue weighted by atomic mass is 16.5. The van der Waals surface area contributed by atoms with Crippen LogP contribution in [0.2, 0.25) is 0 Å². The van der Waals surface area contributed by atoms with E-state index in [4.69, 9.17) is 10.5 Å². The van der Waals surface area contributed by atoms with Crippen LogP contribution in [0, 0.1) is 0 Å². The summed E-state index contributed by atoms with van der Waals surface area (Å²) in [4.78, 5) is 0. The van der Waals surface area contributed by atoms with Crippen molar-refractivity contribution in [1.82, 2.24) is 0 Å². The molecular weight excluding hydrogens is 248 g/mol. The van der Waals surface area contributed by atoms with E-state index < -0.39 is 0 Å². The van der Waals surface area contributed by atoms with E-state index in [-0.39, 0.29) is 0 Å². The van der Waals surface area contributed by atoms with E-state index in [1.54, 1.807) is 7.11 Å². The number of nitrogens with two attached hydrogens (primary N) is 1. The van der Waals surface area contributed by atoms with Crippen molar-refractivity contribution < 1.29 is 4.74 Å². The number of unbranched alkanes of at least 4 members (excludes halogenated alkanes) is 7. The van der Waals surface area contributed by atoms with Crippen molar-refractivity contribution >= 4 is 11.4 Å². The molecule has 0 aliphatic heterocycles. The topological polar surface area (TPSA) is 47.3 Å². The van der Waals surface area contributed by atoms with Gasteiger partial charge in [-0.2, -0.15) is 0 Å². The van der Waals surface area contributed by atoms with Gasteiger partial charge in [0.2, 0.25) is 0 Å². The summed E-state index contributed by atoms with van der Waals surface area (Å²) in [6.45, 7) is 3.26. The Kier molecular flexibility index (Phi) is 8.68. The van der Waals surface area contributed by atoms with Crippen molar-refractivity contribution in [3.8, 4) is 5.75 Å². The van der Waals surface area contributed by atoms with Gasteiger partial charge in [0.05, 0.1) is 7.11 Å². The van der Waals surface area contributed by atoms with Gasteiger partial charge in [0.25, 0.3) is 0 Å². The second kappa shape index (κ2) is 10.4. The molecule has 0 aromatic heterocycles. The molecule has 0 aliphatic carbocycles. The second-order valence-electron chi connectivity index (χ2n) is 5.40. The predicted octanol–water partition coefficient (Wildman–Crippen LogP) is 4.83. The van der Waals surface area contributed by atoms with Gasteiger partial charge in [0.15, 0.2) is 0 Å². The van der Waals surface area contributed by atoms with Crippen LogP contribution in [0.1, 0.15) is 58.3 Å². The third kappa shape index (κ3) is 7.27. The molecular formula is C17H30N2O. The first-order chi connectivity index (χ1) is 9.76. The Balaban J connectivity index is 2.08. The zero-order valence-corrected chi connectivity index (χ0v) is 13.1. The summed E-state index contributed by atoms with van der Waals surface area (Å²) in [6.07, 6.45) is 10.8. The van der Waals surface area contributed by atoms with Crippen molar-refractivity contribution in [2.75, 3.05) is 24.7 Å². The number of hydrogen-bond acceptors (Lipinski definition) is 3. The molecule has 0 heterocycles. The lowest BCUT2D eigenvalue weighted by atomic mass is 10.1. The molecule has 3 N–H and O–H groups in total. The van der Waals surface area contributed by atoms with Crippen LogP contribution in [0.15, 0.2) is 18.2 Å². The van der Waals surface area contributed by atoms with E-state index in [9.17, 15) is 0 Å². The summed E-state index contributed by atoms with van der Waals surface area (Å²) >= 11 is 0. The highest BCUT2D eigenvalue weighted by Crippen LogP contribution is 2.22. The van der Waals surface area contributed by atoms with Gasteiger partial charge >= 0.3 is 0 Å².